The minimum atomic E-state index is -0.117. The molecule has 1 atom stereocenters. The molecule has 94 valence electrons. The Labute approximate surface area is 112 Å². The van der Waals surface area contributed by atoms with Gasteiger partial charge < -0.3 is 11.5 Å². The van der Waals surface area contributed by atoms with Crippen molar-refractivity contribution < 1.29 is 0 Å². The highest BCUT2D eigenvalue weighted by atomic mass is 32.2. The lowest BCUT2D eigenvalue weighted by Crippen LogP contribution is -2.11. The maximum atomic E-state index is 6.25. The van der Waals surface area contributed by atoms with Crippen molar-refractivity contribution in [3.05, 3.63) is 59.7 Å². The lowest BCUT2D eigenvalue weighted by Gasteiger charge is -2.13. The number of anilines is 1. The van der Waals surface area contributed by atoms with Crippen LogP contribution in [0.25, 0.3) is 0 Å². The minimum absolute atomic E-state index is 0.117. The normalized spacial score (nSPS) is 12.3. The van der Waals surface area contributed by atoms with Gasteiger partial charge in [0.2, 0.25) is 0 Å². The van der Waals surface area contributed by atoms with Crippen LogP contribution in [-0.4, -0.2) is 5.75 Å². The molecule has 0 fully saturated rings. The molecule has 0 amide bonds. The van der Waals surface area contributed by atoms with Crippen LogP contribution >= 0.6 is 11.8 Å². The minimum Gasteiger partial charge on any atom is -0.399 e. The van der Waals surface area contributed by atoms with E-state index in [9.17, 15) is 0 Å². The molecule has 2 aromatic rings. The maximum absolute atomic E-state index is 6.25. The highest BCUT2D eigenvalue weighted by Gasteiger charge is 2.08. The molecule has 0 aliphatic heterocycles. The van der Waals surface area contributed by atoms with Gasteiger partial charge >= 0.3 is 0 Å². The second kappa shape index (κ2) is 5.94. The lowest BCUT2D eigenvalue weighted by molar-refractivity contribution is 0.870. The Morgan fingerprint density at radius 1 is 1.06 bits per heavy atom. The summed E-state index contributed by atoms with van der Waals surface area (Å²) in [6.45, 7) is 2.15. The van der Waals surface area contributed by atoms with Gasteiger partial charge in [-0.1, -0.05) is 31.2 Å². The Hall–Kier alpha value is -1.45. The van der Waals surface area contributed by atoms with Crippen LogP contribution in [0.1, 0.15) is 24.1 Å². The molecular formula is C15H18N2S. The van der Waals surface area contributed by atoms with Crippen LogP contribution in [0.5, 0.6) is 0 Å². The molecule has 2 nitrogen and oxygen atoms in total. The van der Waals surface area contributed by atoms with E-state index in [0.29, 0.717) is 0 Å². The van der Waals surface area contributed by atoms with Crippen LogP contribution in [0.4, 0.5) is 5.69 Å². The molecule has 0 radical (unpaired) electrons. The fraction of sp³-hybridized carbons (Fsp3) is 0.200. The zero-order chi connectivity index (χ0) is 13.0. The topological polar surface area (TPSA) is 52.0 Å². The van der Waals surface area contributed by atoms with Crippen LogP contribution in [0, 0.1) is 0 Å². The van der Waals surface area contributed by atoms with Gasteiger partial charge in [-0.05, 0) is 41.1 Å². The molecule has 1 unspecified atom stereocenters. The van der Waals surface area contributed by atoms with Gasteiger partial charge in [0.15, 0.2) is 0 Å². The lowest BCUT2D eigenvalue weighted by atomic mass is 9.99. The summed E-state index contributed by atoms with van der Waals surface area (Å²) in [4.78, 5) is 1.28. The zero-order valence-corrected chi connectivity index (χ0v) is 11.3. The molecule has 2 rings (SSSR count). The summed E-state index contributed by atoms with van der Waals surface area (Å²) < 4.78 is 0. The first kappa shape index (κ1) is 13.0. The number of nitrogens with two attached hydrogens (primary N) is 2. The first-order valence-electron chi connectivity index (χ1n) is 6.04. The van der Waals surface area contributed by atoms with Crippen molar-refractivity contribution in [2.75, 3.05) is 11.5 Å². The molecule has 4 N–H and O–H groups in total. The van der Waals surface area contributed by atoms with Crippen molar-refractivity contribution in [3.63, 3.8) is 0 Å². The predicted octanol–water partition coefficient (Wildman–Crippen LogP) is 3.43. The van der Waals surface area contributed by atoms with Gasteiger partial charge in [-0.3, -0.25) is 0 Å². The molecule has 0 bridgehead atoms. The molecule has 0 aliphatic rings. The van der Waals surface area contributed by atoms with Crippen LogP contribution in [-0.2, 0) is 0 Å². The highest BCUT2D eigenvalue weighted by Crippen LogP contribution is 2.24. The average Bonchev–Trinajstić information content (AvgIpc) is 2.39. The number of nitrogen functional groups attached to an aromatic ring is 1. The second-order valence-electron chi connectivity index (χ2n) is 4.15. The smallest absolute Gasteiger partial charge is 0.0552 e. The van der Waals surface area contributed by atoms with Gasteiger partial charge in [0.05, 0.1) is 6.04 Å². The van der Waals surface area contributed by atoms with E-state index in [1.807, 2.05) is 36.0 Å². The predicted molar refractivity (Wildman–Crippen MR) is 79.7 cm³/mol. The van der Waals surface area contributed by atoms with E-state index >= 15 is 0 Å². The third-order valence-corrected chi connectivity index (χ3v) is 3.71. The summed E-state index contributed by atoms with van der Waals surface area (Å²) in [6, 6.07) is 16.1. The van der Waals surface area contributed by atoms with Crippen molar-refractivity contribution in [1.29, 1.82) is 0 Å². The molecular weight excluding hydrogens is 240 g/mol. The first-order chi connectivity index (χ1) is 8.70. The monoisotopic (exact) mass is 258 g/mol. The Bertz CT molecular complexity index is 508. The average molecular weight is 258 g/mol. The number of rotatable bonds is 4. The van der Waals surface area contributed by atoms with Gasteiger partial charge in [-0.2, -0.15) is 0 Å². The standard InChI is InChI=1S/C15H18N2S/c1-2-18-14-8-6-11(7-9-14)15(17)12-4-3-5-13(16)10-12/h3-10,15H,2,16-17H2,1H3. The Kier molecular flexibility index (Phi) is 4.28. The molecule has 0 spiro atoms. The summed E-state index contributed by atoms with van der Waals surface area (Å²) in [7, 11) is 0. The molecule has 3 heteroatoms. The fourth-order valence-electron chi connectivity index (χ4n) is 1.88. The van der Waals surface area contributed by atoms with Gasteiger partial charge in [0.25, 0.3) is 0 Å². The number of hydrogen-bond acceptors (Lipinski definition) is 3. The van der Waals surface area contributed by atoms with E-state index in [-0.39, 0.29) is 6.04 Å². The third kappa shape index (κ3) is 3.06. The fourth-order valence-corrected chi connectivity index (χ4v) is 2.54. The Balaban J connectivity index is 2.20. The molecule has 0 saturated carbocycles. The van der Waals surface area contributed by atoms with Gasteiger partial charge in [-0.15, -0.1) is 11.8 Å². The van der Waals surface area contributed by atoms with E-state index in [0.717, 1.165) is 22.6 Å². The quantitative estimate of drug-likeness (QED) is 0.652. The van der Waals surface area contributed by atoms with E-state index in [1.54, 1.807) is 0 Å². The number of benzene rings is 2. The molecule has 0 heterocycles. The second-order valence-corrected chi connectivity index (χ2v) is 5.49. The molecule has 0 aliphatic carbocycles. The van der Waals surface area contributed by atoms with Crippen molar-refractivity contribution in [1.82, 2.24) is 0 Å². The summed E-state index contributed by atoms with van der Waals surface area (Å²) in [5.74, 6) is 1.08. The third-order valence-electron chi connectivity index (χ3n) is 2.82. The van der Waals surface area contributed by atoms with Crippen LogP contribution in [0.3, 0.4) is 0 Å². The summed E-state index contributed by atoms with van der Waals surface area (Å²) in [5, 5.41) is 0. The summed E-state index contributed by atoms with van der Waals surface area (Å²) in [6.07, 6.45) is 0. The molecule has 0 saturated heterocycles. The summed E-state index contributed by atoms with van der Waals surface area (Å²) in [5.41, 5.74) is 14.9. The van der Waals surface area contributed by atoms with Gasteiger partial charge in [0, 0.05) is 10.6 Å². The Morgan fingerprint density at radius 3 is 2.39 bits per heavy atom. The molecule has 18 heavy (non-hydrogen) atoms. The summed E-state index contributed by atoms with van der Waals surface area (Å²) >= 11 is 1.83. The van der Waals surface area contributed by atoms with E-state index in [4.69, 9.17) is 11.5 Å². The largest absolute Gasteiger partial charge is 0.399 e. The van der Waals surface area contributed by atoms with Crippen molar-refractivity contribution >= 4 is 17.4 Å². The van der Waals surface area contributed by atoms with E-state index in [2.05, 4.69) is 31.2 Å². The highest BCUT2D eigenvalue weighted by molar-refractivity contribution is 7.99. The molecule has 2 aromatic carbocycles. The van der Waals surface area contributed by atoms with Crippen LogP contribution in [0.2, 0.25) is 0 Å². The van der Waals surface area contributed by atoms with Crippen molar-refractivity contribution in [3.8, 4) is 0 Å². The number of hydrogen-bond donors (Lipinski definition) is 2. The van der Waals surface area contributed by atoms with E-state index < -0.39 is 0 Å². The maximum Gasteiger partial charge on any atom is 0.0552 e. The SMILES string of the molecule is CCSc1ccc(C(N)c2cccc(N)c2)cc1. The van der Waals surface area contributed by atoms with Crippen LogP contribution < -0.4 is 11.5 Å². The zero-order valence-electron chi connectivity index (χ0n) is 10.5. The van der Waals surface area contributed by atoms with Gasteiger partial charge in [-0.25, -0.2) is 0 Å². The molecule has 0 aromatic heterocycles. The van der Waals surface area contributed by atoms with Crippen molar-refractivity contribution in [2.45, 2.75) is 17.9 Å². The Morgan fingerprint density at radius 2 is 1.78 bits per heavy atom. The van der Waals surface area contributed by atoms with Gasteiger partial charge in [0.1, 0.15) is 0 Å². The first-order valence-corrected chi connectivity index (χ1v) is 7.03. The van der Waals surface area contributed by atoms with E-state index in [1.165, 1.54) is 4.90 Å². The van der Waals surface area contributed by atoms with Crippen LogP contribution in [0.15, 0.2) is 53.4 Å². The van der Waals surface area contributed by atoms with Crippen molar-refractivity contribution in [2.24, 2.45) is 5.73 Å². The number of thioether (sulfide) groups is 1.